The van der Waals surface area contributed by atoms with E-state index >= 15 is 0 Å². The zero-order valence-corrected chi connectivity index (χ0v) is 15.7. The van der Waals surface area contributed by atoms with Gasteiger partial charge in [0, 0.05) is 23.9 Å². The number of hydrogen-bond donors (Lipinski definition) is 2. The molecule has 2 aromatic carbocycles. The molecule has 148 valence electrons. The van der Waals surface area contributed by atoms with Crippen LogP contribution in [-0.2, 0) is 14.3 Å². The predicted octanol–water partition coefficient (Wildman–Crippen LogP) is 2.17. The van der Waals surface area contributed by atoms with Gasteiger partial charge in [0.05, 0.1) is 25.8 Å². The summed E-state index contributed by atoms with van der Waals surface area (Å²) in [5, 5.41) is 12.2. The molecule has 2 N–H and O–H groups in total. The van der Waals surface area contributed by atoms with Gasteiger partial charge in [-0.25, -0.2) is 9.78 Å². The van der Waals surface area contributed by atoms with Crippen molar-refractivity contribution in [3.05, 3.63) is 59.8 Å². The number of anilines is 1. The van der Waals surface area contributed by atoms with Crippen molar-refractivity contribution < 1.29 is 23.8 Å². The van der Waals surface area contributed by atoms with Crippen molar-refractivity contribution >= 4 is 28.7 Å². The van der Waals surface area contributed by atoms with Crippen LogP contribution in [0, 0.1) is 0 Å². The maximum atomic E-state index is 12.6. The summed E-state index contributed by atoms with van der Waals surface area (Å²) in [4.78, 5) is 30.6. The topological polar surface area (TPSA) is 105 Å². The van der Waals surface area contributed by atoms with E-state index < -0.39 is 5.97 Å². The first-order valence-electron chi connectivity index (χ1n) is 9.05. The fourth-order valence-corrected chi connectivity index (χ4v) is 3.20. The molecular weight excluding hydrogens is 374 g/mol. The first kappa shape index (κ1) is 18.7. The van der Waals surface area contributed by atoms with E-state index in [1.165, 1.54) is 12.0 Å². The van der Waals surface area contributed by atoms with Gasteiger partial charge < -0.3 is 24.5 Å². The van der Waals surface area contributed by atoms with Crippen LogP contribution < -0.4 is 5.32 Å². The van der Waals surface area contributed by atoms with E-state index in [2.05, 4.69) is 10.3 Å². The van der Waals surface area contributed by atoms with Gasteiger partial charge in [-0.1, -0.05) is 18.2 Å². The van der Waals surface area contributed by atoms with Crippen molar-refractivity contribution in [3.63, 3.8) is 0 Å². The third kappa shape index (κ3) is 3.57. The molecule has 2 heterocycles. The van der Waals surface area contributed by atoms with Gasteiger partial charge in [-0.15, -0.1) is 0 Å². The number of aliphatic hydroxyl groups excluding tert-OH is 1. The van der Waals surface area contributed by atoms with Crippen LogP contribution in [-0.4, -0.2) is 53.7 Å². The molecule has 1 amide bonds. The predicted molar refractivity (Wildman–Crippen MR) is 106 cm³/mol. The Balaban J connectivity index is 1.65. The lowest BCUT2D eigenvalue weighted by molar-refractivity contribution is -0.136. The van der Waals surface area contributed by atoms with E-state index in [1.807, 2.05) is 30.3 Å². The highest BCUT2D eigenvalue weighted by Gasteiger charge is 2.34. The Morgan fingerprint density at radius 2 is 2.07 bits per heavy atom. The molecule has 4 rings (SSSR count). The summed E-state index contributed by atoms with van der Waals surface area (Å²) in [7, 11) is 1.26. The van der Waals surface area contributed by atoms with E-state index in [9.17, 15) is 9.59 Å². The Morgan fingerprint density at radius 3 is 2.79 bits per heavy atom. The van der Waals surface area contributed by atoms with Crippen molar-refractivity contribution in [1.29, 1.82) is 0 Å². The third-order valence-electron chi connectivity index (χ3n) is 4.63. The molecule has 1 aliphatic heterocycles. The van der Waals surface area contributed by atoms with E-state index in [-0.39, 0.29) is 36.9 Å². The Morgan fingerprint density at radius 1 is 1.28 bits per heavy atom. The number of benzene rings is 2. The summed E-state index contributed by atoms with van der Waals surface area (Å²) in [5.41, 5.74) is 3.01. The monoisotopic (exact) mass is 393 g/mol. The molecule has 0 unspecified atom stereocenters. The molecule has 0 fully saturated rings. The van der Waals surface area contributed by atoms with Crippen LogP contribution in [0.25, 0.3) is 22.6 Å². The molecule has 0 saturated heterocycles. The highest BCUT2D eigenvalue weighted by Crippen LogP contribution is 2.28. The number of amides is 1. The van der Waals surface area contributed by atoms with Gasteiger partial charge in [-0.3, -0.25) is 4.79 Å². The molecule has 0 spiro atoms. The van der Waals surface area contributed by atoms with Gasteiger partial charge in [-0.2, -0.15) is 0 Å². The quantitative estimate of drug-likeness (QED) is 0.619. The number of nitrogens with zero attached hydrogens (tertiary/aromatic N) is 2. The van der Waals surface area contributed by atoms with Crippen LogP contribution in [0.2, 0.25) is 0 Å². The smallest absolute Gasteiger partial charge is 0.337 e. The lowest BCUT2D eigenvalue weighted by Crippen LogP contribution is -2.31. The number of ether oxygens (including phenoxy) is 1. The maximum absolute atomic E-state index is 12.6. The summed E-state index contributed by atoms with van der Waals surface area (Å²) in [5.74, 6) is -0.464. The van der Waals surface area contributed by atoms with Crippen LogP contribution in [0.5, 0.6) is 0 Å². The summed E-state index contributed by atoms with van der Waals surface area (Å²) in [6, 6.07) is 14.8. The summed E-state index contributed by atoms with van der Waals surface area (Å²) < 4.78 is 10.6. The minimum Gasteiger partial charge on any atom is -0.466 e. The van der Waals surface area contributed by atoms with Crippen molar-refractivity contribution in [3.8, 4) is 11.5 Å². The molecule has 29 heavy (non-hydrogen) atoms. The van der Waals surface area contributed by atoms with Gasteiger partial charge >= 0.3 is 5.97 Å². The van der Waals surface area contributed by atoms with Crippen LogP contribution in [0.4, 0.5) is 5.69 Å². The number of methoxy groups -OCH3 is 1. The number of esters is 1. The largest absolute Gasteiger partial charge is 0.466 e. The van der Waals surface area contributed by atoms with E-state index in [0.29, 0.717) is 22.7 Å². The summed E-state index contributed by atoms with van der Waals surface area (Å²) in [6.45, 7) is 0.0168. The molecule has 0 aliphatic carbocycles. The second-order valence-corrected chi connectivity index (χ2v) is 6.49. The highest BCUT2D eigenvalue weighted by atomic mass is 16.5. The standard InChI is InChI=1S/C21H19N3O5/c1-28-21(27)15-12-24(9-10-25)20(26)18(15)22-14-7-8-16-17(11-14)29-19(23-16)13-5-3-2-4-6-13/h2-8,11,22,25H,9-10,12H2,1H3. The average molecular weight is 393 g/mol. The van der Waals surface area contributed by atoms with Gasteiger partial charge in [0.15, 0.2) is 5.58 Å². The number of carbonyl (C=O) groups is 2. The molecule has 8 nitrogen and oxygen atoms in total. The number of rotatable bonds is 6. The lowest BCUT2D eigenvalue weighted by atomic mass is 10.2. The number of fused-ring (bicyclic) bond motifs is 1. The first-order valence-corrected chi connectivity index (χ1v) is 9.05. The SMILES string of the molecule is COC(=O)C1=C(Nc2ccc3nc(-c4ccccc4)oc3c2)C(=O)N(CCO)C1. The summed E-state index contributed by atoms with van der Waals surface area (Å²) >= 11 is 0. The molecule has 3 aromatic rings. The van der Waals surface area contributed by atoms with Crippen LogP contribution in [0.3, 0.4) is 0 Å². The minimum absolute atomic E-state index is 0.0805. The first-order chi connectivity index (χ1) is 14.1. The van der Waals surface area contributed by atoms with Crippen molar-refractivity contribution in [2.75, 3.05) is 32.1 Å². The minimum atomic E-state index is -0.589. The number of hydrogen-bond acceptors (Lipinski definition) is 7. The van der Waals surface area contributed by atoms with E-state index in [1.54, 1.807) is 18.2 Å². The van der Waals surface area contributed by atoms with Crippen molar-refractivity contribution in [2.24, 2.45) is 0 Å². The molecule has 1 aromatic heterocycles. The number of nitrogens with one attached hydrogen (secondary N) is 1. The Kier molecular flexibility index (Phi) is 5.01. The maximum Gasteiger partial charge on any atom is 0.337 e. The van der Waals surface area contributed by atoms with E-state index in [0.717, 1.165) is 5.56 Å². The lowest BCUT2D eigenvalue weighted by Gasteiger charge is -2.14. The number of aliphatic hydroxyl groups is 1. The Labute approximate surface area is 166 Å². The number of carbonyl (C=O) groups excluding carboxylic acids is 2. The van der Waals surface area contributed by atoms with E-state index in [4.69, 9.17) is 14.3 Å². The number of aromatic nitrogens is 1. The third-order valence-corrected chi connectivity index (χ3v) is 4.63. The van der Waals surface area contributed by atoms with Gasteiger partial charge in [0.25, 0.3) is 5.91 Å². The van der Waals surface area contributed by atoms with Gasteiger partial charge in [-0.05, 0) is 24.3 Å². The fourth-order valence-electron chi connectivity index (χ4n) is 3.20. The average Bonchev–Trinajstić information content (AvgIpc) is 3.30. The molecular formula is C21H19N3O5. The zero-order valence-electron chi connectivity index (χ0n) is 15.7. The van der Waals surface area contributed by atoms with Gasteiger partial charge in [0.2, 0.25) is 5.89 Å². The molecule has 0 saturated carbocycles. The van der Waals surface area contributed by atoms with Crippen molar-refractivity contribution in [2.45, 2.75) is 0 Å². The van der Waals surface area contributed by atoms with Crippen molar-refractivity contribution in [1.82, 2.24) is 9.88 Å². The number of oxazole rings is 1. The second-order valence-electron chi connectivity index (χ2n) is 6.49. The van der Waals surface area contributed by atoms with Crippen LogP contribution >= 0.6 is 0 Å². The molecule has 1 aliphatic rings. The zero-order chi connectivity index (χ0) is 20.4. The highest BCUT2D eigenvalue weighted by molar-refractivity contribution is 6.08. The Bertz CT molecular complexity index is 1100. The molecule has 0 atom stereocenters. The van der Waals surface area contributed by atoms with Gasteiger partial charge in [0.1, 0.15) is 11.2 Å². The second kappa shape index (κ2) is 7.76. The summed E-state index contributed by atoms with van der Waals surface area (Å²) in [6.07, 6.45) is 0. The molecule has 0 bridgehead atoms. The van der Waals surface area contributed by atoms with Crippen LogP contribution in [0.15, 0.2) is 64.2 Å². The molecule has 0 radical (unpaired) electrons. The normalized spacial score (nSPS) is 14.0. The number of β-amino-alcohol motifs (C(OH)–C–C–N with tert-alkyl or cyclic N) is 1. The Hall–Kier alpha value is -3.65. The van der Waals surface area contributed by atoms with Crippen LogP contribution in [0.1, 0.15) is 0 Å². The molecule has 8 heteroatoms. The fraction of sp³-hybridized carbons (Fsp3) is 0.190.